The quantitative estimate of drug-likeness (QED) is 0.281. The van der Waals surface area contributed by atoms with Gasteiger partial charge in [-0.15, -0.1) is 0 Å². The third kappa shape index (κ3) is 5.42. The van der Waals surface area contributed by atoms with Crippen molar-refractivity contribution < 1.29 is 4.79 Å². The van der Waals surface area contributed by atoms with Crippen molar-refractivity contribution in [3.05, 3.63) is 60.4 Å². The molecule has 7 nitrogen and oxygen atoms in total. The zero-order chi connectivity index (χ0) is 23.0. The molecule has 0 bridgehead atoms. The number of nitrogens with one attached hydrogen (secondary N) is 2. The first-order valence-corrected chi connectivity index (χ1v) is 11.8. The fourth-order valence-corrected chi connectivity index (χ4v) is 4.16. The lowest BCUT2D eigenvalue weighted by atomic mass is 10.1. The maximum Gasteiger partial charge on any atom is 0.319 e. The maximum absolute atomic E-state index is 12.1. The molecule has 0 aliphatic heterocycles. The van der Waals surface area contributed by atoms with Crippen molar-refractivity contribution in [1.29, 1.82) is 0 Å². The molecule has 2 aromatic carbocycles. The summed E-state index contributed by atoms with van der Waals surface area (Å²) in [5.74, 6) is 1.55. The van der Waals surface area contributed by atoms with Gasteiger partial charge in [-0.05, 0) is 37.5 Å². The fourth-order valence-electron chi connectivity index (χ4n) is 4.16. The largest absolute Gasteiger partial charge is 0.382 e. The highest BCUT2D eigenvalue weighted by molar-refractivity contribution is 6.06. The number of pyridine rings is 1. The van der Waals surface area contributed by atoms with Crippen molar-refractivity contribution in [2.45, 2.75) is 52.0 Å². The Labute approximate surface area is 194 Å². The molecule has 0 spiro atoms. The van der Waals surface area contributed by atoms with E-state index in [2.05, 4.69) is 33.2 Å². The minimum Gasteiger partial charge on any atom is -0.382 e. The number of amides is 2. The third-order valence-electron chi connectivity index (χ3n) is 5.82. The number of nitrogens with zero attached hydrogens (tertiary/aromatic N) is 3. The number of aryl methyl sites for hydroxylation is 2. The Kier molecular flexibility index (Phi) is 7.40. The van der Waals surface area contributed by atoms with Crippen LogP contribution in [0.1, 0.15) is 44.9 Å². The number of aromatic nitrogens is 3. The van der Waals surface area contributed by atoms with Crippen LogP contribution in [-0.2, 0) is 13.0 Å². The van der Waals surface area contributed by atoms with Gasteiger partial charge >= 0.3 is 6.03 Å². The van der Waals surface area contributed by atoms with Gasteiger partial charge in [-0.3, -0.25) is 0 Å². The van der Waals surface area contributed by atoms with Crippen LogP contribution in [0.25, 0.3) is 21.9 Å². The van der Waals surface area contributed by atoms with Crippen LogP contribution in [-0.4, -0.2) is 27.1 Å². The van der Waals surface area contributed by atoms with Crippen LogP contribution in [0.3, 0.4) is 0 Å². The molecular formula is C26H32N6O. The molecular weight excluding hydrogens is 412 g/mol. The average Bonchev–Trinajstić information content (AvgIpc) is 3.19. The van der Waals surface area contributed by atoms with Gasteiger partial charge in [0.2, 0.25) is 0 Å². The normalized spacial score (nSPS) is 11.2. The van der Waals surface area contributed by atoms with Gasteiger partial charge in [0.25, 0.3) is 0 Å². The third-order valence-corrected chi connectivity index (χ3v) is 5.82. The van der Waals surface area contributed by atoms with Gasteiger partial charge in [0.05, 0.1) is 11.0 Å². The number of unbranched alkanes of at least 4 members (excludes halogenated alkanes) is 3. The Bertz CT molecular complexity index is 1220. The van der Waals surface area contributed by atoms with Crippen LogP contribution in [0.2, 0.25) is 0 Å². The second-order valence-corrected chi connectivity index (χ2v) is 8.30. The van der Waals surface area contributed by atoms with Gasteiger partial charge < -0.3 is 20.9 Å². The predicted molar refractivity (Wildman–Crippen MR) is 135 cm³/mol. The summed E-state index contributed by atoms with van der Waals surface area (Å²) in [6, 6.07) is 17.4. The summed E-state index contributed by atoms with van der Waals surface area (Å²) in [5.41, 5.74) is 9.83. The lowest BCUT2D eigenvalue weighted by Gasteiger charge is -2.12. The Balaban J connectivity index is 1.45. The lowest BCUT2D eigenvalue weighted by molar-refractivity contribution is 0.252. The molecule has 4 aromatic rings. The predicted octanol–water partition coefficient (Wildman–Crippen LogP) is 5.50. The van der Waals surface area contributed by atoms with Gasteiger partial charge in [-0.2, -0.15) is 0 Å². The molecule has 2 amide bonds. The summed E-state index contributed by atoms with van der Waals surface area (Å²) in [6.45, 7) is 3.65. The van der Waals surface area contributed by atoms with E-state index in [0.29, 0.717) is 12.4 Å². The monoisotopic (exact) mass is 444 g/mol. The molecule has 0 fully saturated rings. The standard InChI is InChI=1S/C26H32N6O/c1-2-3-5-16-22-31-23-24(20-14-8-9-15-21(20)30-25(23)27)32(22)18-11-10-17-28-26(33)29-19-12-6-4-7-13-19/h4,6-9,12-15H,2-3,5,10-11,16-18H2,1H3,(H2,27,30)(H2,28,29,33). The summed E-state index contributed by atoms with van der Waals surface area (Å²) < 4.78 is 2.31. The molecule has 0 radical (unpaired) electrons. The van der Waals surface area contributed by atoms with E-state index < -0.39 is 0 Å². The summed E-state index contributed by atoms with van der Waals surface area (Å²) in [5, 5.41) is 6.87. The highest BCUT2D eigenvalue weighted by atomic mass is 16.2. The molecule has 33 heavy (non-hydrogen) atoms. The minimum atomic E-state index is -0.181. The molecule has 2 heterocycles. The fraction of sp³-hybridized carbons (Fsp3) is 0.346. The van der Waals surface area contributed by atoms with E-state index in [1.54, 1.807) is 0 Å². The van der Waals surface area contributed by atoms with Crippen molar-refractivity contribution in [1.82, 2.24) is 19.9 Å². The van der Waals surface area contributed by atoms with Gasteiger partial charge in [-0.25, -0.2) is 14.8 Å². The van der Waals surface area contributed by atoms with Crippen LogP contribution in [0, 0.1) is 0 Å². The van der Waals surface area contributed by atoms with Crippen molar-refractivity contribution in [2.75, 3.05) is 17.6 Å². The van der Waals surface area contributed by atoms with Crippen molar-refractivity contribution in [3.8, 4) is 0 Å². The SMILES string of the molecule is CCCCCc1nc2c(N)nc3ccccc3c2n1CCCCNC(=O)Nc1ccccc1. The summed E-state index contributed by atoms with van der Waals surface area (Å²) in [4.78, 5) is 21.6. The first-order valence-electron chi connectivity index (χ1n) is 11.8. The molecule has 0 unspecified atom stereocenters. The number of urea groups is 1. The summed E-state index contributed by atoms with van der Waals surface area (Å²) in [6.07, 6.45) is 6.17. The first kappa shape index (κ1) is 22.6. The molecule has 4 N–H and O–H groups in total. The number of nitrogens with two attached hydrogens (primary N) is 1. The number of hydrogen-bond donors (Lipinski definition) is 3. The molecule has 2 aromatic heterocycles. The Hall–Kier alpha value is -3.61. The van der Waals surface area contributed by atoms with E-state index >= 15 is 0 Å². The number of imidazole rings is 1. The van der Waals surface area contributed by atoms with Crippen molar-refractivity contribution >= 4 is 39.5 Å². The van der Waals surface area contributed by atoms with Gasteiger partial charge in [0, 0.05) is 30.6 Å². The zero-order valence-corrected chi connectivity index (χ0v) is 19.2. The number of carbonyl (C=O) groups excluding carboxylic acids is 1. The number of benzene rings is 2. The zero-order valence-electron chi connectivity index (χ0n) is 19.2. The smallest absolute Gasteiger partial charge is 0.319 e. The van der Waals surface area contributed by atoms with Gasteiger partial charge in [0.15, 0.2) is 5.82 Å². The van der Waals surface area contributed by atoms with Crippen LogP contribution >= 0.6 is 0 Å². The Morgan fingerprint density at radius 1 is 0.970 bits per heavy atom. The first-order chi connectivity index (χ1) is 16.2. The van der Waals surface area contributed by atoms with Crippen LogP contribution in [0.15, 0.2) is 54.6 Å². The molecule has 7 heteroatoms. The number of hydrogen-bond acceptors (Lipinski definition) is 4. The van der Waals surface area contributed by atoms with Crippen LogP contribution < -0.4 is 16.4 Å². The second kappa shape index (κ2) is 10.8. The van der Waals surface area contributed by atoms with Gasteiger partial charge in [-0.1, -0.05) is 56.2 Å². The van der Waals surface area contributed by atoms with Crippen molar-refractivity contribution in [2.24, 2.45) is 0 Å². The number of nitrogen functional groups attached to an aromatic ring is 1. The molecule has 0 aliphatic carbocycles. The molecule has 0 aliphatic rings. The molecule has 0 saturated heterocycles. The number of carbonyl (C=O) groups is 1. The number of fused-ring (bicyclic) bond motifs is 3. The summed E-state index contributed by atoms with van der Waals surface area (Å²) in [7, 11) is 0. The van der Waals surface area contributed by atoms with E-state index in [-0.39, 0.29) is 6.03 Å². The van der Waals surface area contributed by atoms with E-state index in [4.69, 9.17) is 10.7 Å². The molecule has 172 valence electrons. The number of anilines is 2. The second-order valence-electron chi connectivity index (χ2n) is 8.30. The van der Waals surface area contributed by atoms with Gasteiger partial charge in [0.1, 0.15) is 11.3 Å². The van der Waals surface area contributed by atoms with E-state index in [1.807, 2.05) is 48.5 Å². The highest BCUT2D eigenvalue weighted by Gasteiger charge is 2.16. The topological polar surface area (TPSA) is 97.9 Å². The van der Waals surface area contributed by atoms with Crippen LogP contribution in [0.5, 0.6) is 0 Å². The van der Waals surface area contributed by atoms with Crippen LogP contribution in [0.4, 0.5) is 16.3 Å². The molecule has 0 atom stereocenters. The summed E-state index contributed by atoms with van der Waals surface area (Å²) >= 11 is 0. The number of para-hydroxylation sites is 2. The molecule has 0 saturated carbocycles. The Morgan fingerprint density at radius 2 is 1.76 bits per heavy atom. The lowest BCUT2D eigenvalue weighted by Crippen LogP contribution is -2.29. The average molecular weight is 445 g/mol. The Morgan fingerprint density at radius 3 is 2.58 bits per heavy atom. The van der Waals surface area contributed by atoms with E-state index in [1.165, 1.54) is 12.8 Å². The number of rotatable bonds is 10. The van der Waals surface area contributed by atoms with E-state index in [9.17, 15) is 4.79 Å². The minimum absolute atomic E-state index is 0.181. The maximum atomic E-state index is 12.1. The highest BCUT2D eigenvalue weighted by Crippen LogP contribution is 2.29. The van der Waals surface area contributed by atoms with E-state index in [0.717, 1.165) is 65.7 Å². The van der Waals surface area contributed by atoms with Crippen molar-refractivity contribution in [3.63, 3.8) is 0 Å². The molecule has 4 rings (SSSR count).